The van der Waals surface area contributed by atoms with Crippen molar-refractivity contribution in [2.45, 2.75) is 19.1 Å². The quantitative estimate of drug-likeness (QED) is 0.355. The summed E-state index contributed by atoms with van der Waals surface area (Å²) in [5.41, 5.74) is 8.59. The fraction of sp³-hybridized carbons (Fsp3) is 0.400. The van der Waals surface area contributed by atoms with Crippen LogP contribution in [0.4, 0.5) is 0 Å². The van der Waals surface area contributed by atoms with Gasteiger partial charge in [0.2, 0.25) is 0 Å². The molecular weight excluding hydrogens is 271 g/mol. The molecule has 2 atom stereocenters. The minimum absolute atomic E-state index is 0.0882. The fourth-order valence-corrected chi connectivity index (χ4v) is 3.57. The first-order valence-electron chi connectivity index (χ1n) is 5.46. The number of carboxylic acid groups (broad SMARTS) is 1. The van der Waals surface area contributed by atoms with Crippen molar-refractivity contribution in [3.8, 4) is 0 Å². The smallest absolute Gasteiger partial charge is 0.304 e. The normalized spacial score (nSPS) is 15.0. The summed E-state index contributed by atoms with van der Waals surface area (Å²) in [6, 6.07) is 4.68. The summed E-state index contributed by atoms with van der Waals surface area (Å²) >= 11 is 0. The molecule has 1 rings (SSSR count). The summed E-state index contributed by atoms with van der Waals surface area (Å²) in [4.78, 5) is 17.2. The van der Waals surface area contributed by atoms with Gasteiger partial charge in [-0.05, 0) is 24.6 Å². The van der Waals surface area contributed by atoms with Crippen LogP contribution in [0.3, 0.4) is 0 Å². The van der Waals surface area contributed by atoms with Crippen molar-refractivity contribution >= 4 is 18.8 Å². The van der Waals surface area contributed by atoms with Gasteiger partial charge in [-0.25, -0.2) is 0 Å². The SMILES string of the molecule is CCOP(=O)(c1ccccn1)C(CC(=O)O)N=[N+]=[N-]. The van der Waals surface area contributed by atoms with Crippen molar-refractivity contribution in [3.05, 3.63) is 34.8 Å². The Kier molecular flexibility index (Phi) is 5.51. The van der Waals surface area contributed by atoms with Gasteiger partial charge in [0.15, 0.2) is 0 Å². The monoisotopic (exact) mass is 284 g/mol. The summed E-state index contributed by atoms with van der Waals surface area (Å²) in [6.45, 7) is 1.70. The number of nitrogens with zero attached hydrogens (tertiary/aromatic N) is 4. The van der Waals surface area contributed by atoms with Crippen molar-refractivity contribution in [2.24, 2.45) is 5.11 Å². The first-order valence-corrected chi connectivity index (χ1v) is 7.15. The highest BCUT2D eigenvalue weighted by molar-refractivity contribution is 7.67. The van der Waals surface area contributed by atoms with E-state index in [0.717, 1.165) is 0 Å². The molecule has 0 aliphatic heterocycles. The van der Waals surface area contributed by atoms with Crippen LogP contribution in [0.5, 0.6) is 0 Å². The number of aliphatic carboxylic acids is 1. The molecule has 2 unspecified atom stereocenters. The van der Waals surface area contributed by atoms with E-state index in [1.807, 2.05) is 0 Å². The molecule has 102 valence electrons. The molecule has 0 aromatic carbocycles. The maximum atomic E-state index is 12.8. The van der Waals surface area contributed by atoms with Crippen LogP contribution < -0.4 is 5.44 Å². The molecule has 0 saturated heterocycles. The van der Waals surface area contributed by atoms with Crippen molar-refractivity contribution in [2.75, 3.05) is 6.61 Å². The Hall–Kier alpha value is -1.88. The van der Waals surface area contributed by atoms with Gasteiger partial charge in [-0.1, -0.05) is 11.2 Å². The molecule has 1 N–H and O–H groups in total. The highest BCUT2D eigenvalue weighted by Gasteiger charge is 2.38. The lowest BCUT2D eigenvalue weighted by molar-refractivity contribution is -0.137. The standard InChI is InChI=1S/C10H13N4O4P/c1-2-18-19(17,8-5-3-4-6-12-8)9(13-14-11)7-10(15)16/h3-6,9H,2,7H2,1H3,(H,15,16). The summed E-state index contributed by atoms with van der Waals surface area (Å²) in [6.07, 6.45) is 0.826. The third-order valence-electron chi connectivity index (χ3n) is 2.22. The summed E-state index contributed by atoms with van der Waals surface area (Å²) in [5.74, 6) is -2.54. The Morgan fingerprint density at radius 1 is 1.68 bits per heavy atom. The molecule has 0 amide bonds. The average Bonchev–Trinajstić information content (AvgIpc) is 2.39. The van der Waals surface area contributed by atoms with Crippen molar-refractivity contribution in [1.29, 1.82) is 0 Å². The summed E-state index contributed by atoms with van der Waals surface area (Å²) in [7, 11) is -3.66. The molecule has 0 spiro atoms. The number of carboxylic acids is 1. The average molecular weight is 284 g/mol. The van der Waals surface area contributed by atoms with Gasteiger partial charge in [0.25, 0.3) is 7.37 Å². The highest BCUT2D eigenvalue weighted by atomic mass is 31.2. The van der Waals surface area contributed by atoms with Gasteiger partial charge in [-0.2, -0.15) is 0 Å². The van der Waals surface area contributed by atoms with Crippen LogP contribution in [0.2, 0.25) is 0 Å². The van der Waals surface area contributed by atoms with Crippen LogP contribution in [-0.2, 0) is 13.9 Å². The van der Waals surface area contributed by atoms with Crippen LogP contribution in [0.1, 0.15) is 13.3 Å². The van der Waals surface area contributed by atoms with E-state index in [2.05, 4.69) is 15.0 Å². The van der Waals surface area contributed by atoms with E-state index in [4.69, 9.17) is 15.2 Å². The number of aromatic nitrogens is 1. The number of azide groups is 1. The molecule has 0 bridgehead atoms. The van der Waals surface area contributed by atoms with Crippen LogP contribution in [0.25, 0.3) is 10.4 Å². The van der Waals surface area contributed by atoms with Crippen LogP contribution in [0.15, 0.2) is 29.5 Å². The zero-order valence-corrected chi connectivity index (χ0v) is 11.1. The molecular formula is C10H13N4O4P. The van der Waals surface area contributed by atoms with E-state index in [0.29, 0.717) is 0 Å². The van der Waals surface area contributed by atoms with Crippen LogP contribution in [-0.4, -0.2) is 28.4 Å². The lowest BCUT2D eigenvalue weighted by Gasteiger charge is -2.21. The minimum Gasteiger partial charge on any atom is -0.481 e. The highest BCUT2D eigenvalue weighted by Crippen LogP contribution is 2.52. The Balaban J connectivity index is 3.26. The lowest BCUT2D eigenvalue weighted by Crippen LogP contribution is -2.22. The van der Waals surface area contributed by atoms with Gasteiger partial charge in [0.1, 0.15) is 11.2 Å². The molecule has 0 radical (unpaired) electrons. The van der Waals surface area contributed by atoms with Crippen LogP contribution in [0, 0.1) is 0 Å². The van der Waals surface area contributed by atoms with Gasteiger partial charge >= 0.3 is 5.97 Å². The fourth-order valence-electron chi connectivity index (χ4n) is 1.48. The number of hydrogen-bond donors (Lipinski definition) is 1. The summed E-state index contributed by atoms with van der Waals surface area (Å²) in [5, 5.41) is 12.1. The van der Waals surface area contributed by atoms with E-state index in [1.165, 1.54) is 12.3 Å². The predicted molar refractivity (Wildman–Crippen MR) is 68.3 cm³/mol. The van der Waals surface area contributed by atoms with E-state index < -0.39 is 25.5 Å². The molecule has 0 saturated carbocycles. The third kappa shape index (κ3) is 3.79. The number of rotatable bonds is 7. The second-order valence-corrected chi connectivity index (χ2v) is 5.99. The number of carbonyl (C=O) groups is 1. The Morgan fingerprint density at radius 2 is 2.42 bits per heavy atom. The van der Waals surface area contributed by atoms with Gasteiger partial charge in [0, 0.05) is 11.1 Å². The zero-order chi connectivity index (χ0) is 14.3. The molecule has 9 heteroatoms. The van der Waals surface area contributed by atoms with E-state index in [1.54, 1.807) is 19.1 Å². The molecule has 19 heavy (non-hydrogen) atoms. The number of pyridine rings is 1. The van der Waals surface area contributed by atoms with Gasteiger partial charge < -0.3 is 9.63 Å². The minimum atomic E-state index is -3.66. The van der Waals surface area contributed by atoms with Gasteiger partial charge in [-0.3, -0.25) is 14.3 Å². The maximum Gasteiger partial charge on any atom is 0.304 e. The second kappa shape index (κ2) is 6.89. The maximum absolute atomic E-state index is 12.8. The number of hydrogen-bond acceptors (Lipinski definition) is 5. The molecule has 1 aromatic heterocycles. The molecule has 0 fully saturated rings. The third-order valence-corrected chi connectivity index (χ3v) is 4.84. The van der Waals surface area contributed by atoms with Crippen LogP contribution >= 0.6 is 7.37 Å². The molecule has 8 nitrogen and oxygen atoms in total. The van der Waals surface area contributed by atoms with Crippen molar-refractivity contribution in [1.82, 2.24) is 4.98 Å². The lowest BCUT2D eigenvalue weighted by atomic mass is 10.4. The molecule has 0 aliphatic rings. The Morgan fingerprint density at radius 3 is 2.89 bits per heavy atom. The first kappa shape index (κ1) is 15.2. The van der Waals surface area contributed by atoms with Gasteiger partial charge in [-0.15, -0.1) is 0 Å². The Bertz CT molecular complexity index is 530. The first-order chi connectivity index (χ1) is 9.04. The van der Waals surface area contributed by atoms with Gasteiger partial charge in [0.05, 0.1) is 13.0 Å². The largest absolute Gasteiger partial charge is 0.481 e. The Labute approximate surface area is 109 Å². The molecule has 0 aliphatic carbocycles. The van der Waals surface area contributed by atoms with E-state index in [9.17, 15) is 9.36 Å². The van der Waals surface area contributed by atoms with E-state index >= 15 is 0 Å². The van der Waals surface area contributed by atoms with Crippen molar-refractivity contribution in [3.63, 3.8) is 0 Å². The topological polar surface area (TPSA) is 125 Å². The second-order valence-electron chi connectivity index (χ2n) is 3.49. The molecule has 1 heterocycles. The van der Waals surface area contributed by atoms with Crippen molar-refractivity contribution < 1.29 is 19.0 Å². The predicted octanol–water partition coefficient (Wildman–Crippen LogP) is 2.13. The zero-order valence-electron chi connectivity index (χ0n) is 10.2. The molecule has 1 aromatic rings. The van der Waals surface area contributed by atoms with E-state index in [-0.39, 0.29) is 12.0 Å². The summed E-state index contributed by atoms with van der Waals surface area (Å²) < 4.78 is 18.0.